The summed E-state index contributed by atoms with van der Waals surface area (Å²) < 4.78 is 5.29. The fourth-order valence-electron chi connectivity index (χ4n) is 1.75. The van der Waals surface area contributed by atoms with Crippen molar-refractivity contribution < 1.29 is 4.74 Å². The van der Waals surface area contributed by atoms with E-state index in [9.17, 15) is 0 Å². The Bertz CT molecular complexity index is 122. The highest BCUT2D eigenvalue weighted by Crippen LogP contribution is 2.11. The maximum absolute atomic E-state index is 5.72. The van der Waals surface area contributed by atoms with Gasteiger partial charge >= 0.3 is 0 Å². The van der Waals surface area contributed by atoms with E-state index in [0.717, 1.165) is 32.8 Å². The molecule has 0 spiro atoms. The summed E-state index contributed by atoms with van der Waals surface area (Å²) in [5.41, 5.74) is 5.72. The highest BCUT2D eigenvalue weighted by molar-refractivity contribution is 4.77. The first-order chi connectivity index (χ1) is 5.75. The van der Waals surface area contributed by atoms with E-state index in [1.165, 1.54) is 0 Å². The maximum Gasteiger partial charge on any atom is 0.0594 e. The monoisotopic (exact) mass is 172 g/mol. The molecule has 0 saturated carbocycles. The molecule has 12 heavy (non-hydrogen) atoms. The number of hydrogen-bond donors (Lipinski definition) is 1. The zero-order valence-electron chi connectivity index (χ0n) is 8.12. The van der Waals surface area contributed by atoms with Gasteiger partial charge in [0.15, 0.2) is 0 Å². The minimum Gasteiger partial charge on any atom is -0.379 e. The lowest BCUT2D eigenvalue weighted by atomic mass is 10.0. The smallest absolute Gasteiger partial charge is 0.0594 e. The van der Waals surface area contributed by atoms with Gasteiger partial charge < -0.3 is 10.5 Å². The zero-order chi connectivity index (χ0) is 8.97. The van der Waals surface area contributed by atoms with Crippen LogP contribution in [0.4, 0.5) is 0 Å². The summed E-state index contributed by atoms with van der Waals surface area (Å²) in [5, 5.41) is 0. The largest absolute Gasteiger partial charge is 0.379 e. The van der Waals surface area contributed by atoms with Crippen molar-refractivity contribution >= 4 is 0 Å². The molecular formula is C9H20N2O. The third-order valence-electron chi connectivity index (χ3n) is 2.53. The van der Waals surface area contributed by atoms with Gasteiger partial charge in [-0.3, -0.25) is 4.90 Å². The molecule has 1 rings (SSSR count). The molecule has 0 aromatic heterocycles. The van der Waals surface area contributed by atoms with Gasteiger partial charge in [0.25, 0.3) is 0 Å². The van der Waals surface area contributed by atoms with Crippen molar-refractivity contribution in [2.75, 3.05) is 32.8 Å². The van der Waals surface area contributed by atoms with E-state index in [-0.39, 0.29) is 0 Å². The van der Waals surface area contributed by atoms with Crippen LogP contribution < -0.4 is 5.73 Å². The molecule has 0 aliphatic carbocycles. The Morgan fingerprint density at radius 3 is 2.33 bits per heavy atom. The number of rotatable bonds is 3. The first kappa shape index (κ1) is 9.96. The lowest BCUT2D eigenvalue weighted by Crippen LogP contribution is -2.49. The molecule has 1 saturated heterocycles. The van der Waals surface area contributed by atoms with Gasteiger partial charge in [-0.1, -0.05) is 13.8 Å². The number of nitrogens with zero attached hydrogens (tertiary/aromatic N) is 1. The standard InChI is InChI=1S/C9H20N2O/c1-8(2)9(7-10)11-3-5-12-6-4-11/h8-9H,3-7,10H2,1-2H3/t9-/m1/s1. The molecule has 1 aliphatic rings. The molecule has 0 unspecified atom stereocenters. The van der Waals surface area contributed by atoms with Crippen LogP contribution in [0.25, 0.3) is 0 Å². The molecule has 72 valence electrons. The number of morpholine rings is 1. The molecule has 0 radical (unpaired) electrons. The van der Waals surface area contributed by atoms with Gasteiger partial charge in [0.2, 0.25) is 0 Å². The molecular weight excluding hydrogens is 152 g/mol. The Morgan fingerprint density at radius 1 is 1.33 bits per heavy atom. The molecule has 0 amide bonds. The van der Waals surface area contributed by atoms with Crippen LogP contribution in [-0.4, -0.2) is 43.8 Å². The Morgan fingerprint density at radius 2 is 1.92 bits per heavy atom. The van der Waals surface area contributed by atoms with Crippen LogP contribution in [0.2, 0.25) is 0 Å². The minimum absolute atomic E-state index is 0.536. The molecule has 2 N–H and O–H groups in total. The van der Waals surface area contributed by atoms with Crippen LogP contribution in [0.15, 0.2) is 0 Å². The molecule has 3 heteroatoms. The first-order valence-electron chi connectivity index (χ1n) is 4.77. The van der Waals surface area contributed by atoms with Crippen molar-refractivity contribution in [2.45, 2.75) is 19.9 Å². The van der Waals surface area contributed by atoms with Crippen LogP contribution in [0, 0.1) is 5.92 Å². The Hall–Kier alpha value is -0.120. The second kappa shape index (κ2) is 4.80. The summed E-state index contributed by atoms with van der Waals surface area (Å²) >= 11 is 0. The Kier molecular flexibility index (Phi) is 3.98. The molecule has 1 fully saturated rings. The van der Waals surface area contributed by atoms with Gasteiger partial charge in [-0.2, -0.15) is 0 Å². The fourth-order valence-corrected chi connectivity index (χ4v) is 1.75. The lowest BCUT2D eigenvalue weighted by Gasteiger charge is -2.36. The summed E-state index contributed by atoms with van der Waals surface area (Å²) in [5.74, 6) is 0.646. The minimum atomic E-state index is 0.536. The van der Waals surface area contributed by atoms with Gasteiger partial charge in [-0.05, 0) is 5.92 Å². The van der Waals surface area contributed by atoms with E-state index in [0.29, 0.717) is 12.0 Å². The van der Waals surface area contributed by atoms with Crippen molar-refractivity contribution in [1.82, 2.24) is 4.90 Å². The van der Waals surface area contributed by atoms with Crippen molar-refractivity contribution in [3.8, 4) is 0 Å². The predicted octanol–water partition coefficient (Wildman–Crippen LogP) is 0.302. The fraction of sp³-hybridized carbons (Fsp3) is 1.00. The molecule has 1 heterocycles. The second-order valence-electron chi connectivity index (χ2n) is 3.70. The molecule has 1 aliphatic heterocycles. The number of hydrogen-bond acceptors (Lipinski definition) is 3. The number of nitrogens with two attached hydrogens (primary N) is 1. The van der Waals surface area contributed by atoms with E-state index in [1.807, 2.05) is 0 Å². The van der Waals surface area contributed by atoms with Gasteiger partial charge in [-0.15, -0.1) is 0 Å². The summed E-state index contributed by atoms with van der Waals surface area (Å²) in [6.45, 7) is 9.03. The van der Waals surface area contributed by atoms with Crippen molar-refractivity contribution in [1.29, 1.82) is 0 Å². The van der Waals surface area contributed by atoms with Crippen molar-refractivity contribution in [3.63, 3.8) is 0 Å². The molecule has 1 atom stereocenters. The Balaban J connectivity index is 2.40. The third kappa shape index (κ3) is 2.44. The average molecular weight is 172 g/mol. The summed E-state index contributed by atoms with van der Waals surface area (Å²) in [7, 11) is 0. The van der Waals surface area contributed by atoms with E-state index < -0.39 is 0 Å². The summed E-state index contributed by atoms with van der Waals surface area (Å²) in [6.07, 6.45) is 0. The van der Waals surface area contributed by atoms with Crippen LogP contribution in [0.5, 0.6) is 0 Å². The molecule has 0 aromatic rings. The van der Waals surface area contributed by atoms with Crippen molar-refractivity contribution in [2.24, 2.45) is 11.7 Å². The van der Waals surface area contributed by atoms with Crippen LogP contribution in [0.1, 0.15) is 13.8 Å². The second-order valence-corrected chi connectivity index (χ2v) is 3.70. The predicted molar refractivity (Wildman–Crippen MR) is 50.1 cm³/mol. The van der Waals surface area contributed by atoms with E-state index in [2.05, 4.69) is 18.7 Å². The van der Waals surface area contributed by atoms with Crippen LogP contribution in [0.3, 0.4) is 0 Å². The third-order valence-corrected chi connectivity index (χ3v) is 2.53. The highest BCUT2D eigenvalue weighted by Gasteiger charge is 2.21. The first-order valence-corrected chi connectivity index (χ1v) is 4.77. The van der Waals surface area contributed by atoms with Crippen LogP contribution in [-0.2, 0) is 4.74 Å². The van der Waals surface area contributed by atoms with Gasteiger partial charge in [0, 0.05) is 25.7 Å². The van der Waals surface area contributed by atoms with Crippen molar-refractivity contribution in [3.05, 3.63) is 0 Å². The van der Waals surface area contributed by atoms with Gasteiger partial charge in [-0.25, -0.2) is 0 Å². The lowest BCUT2D eigenvalue weighted by molar-refractivity contribution is 0.00858. The molecule has 3 nitrogen and oxygen atoms in total. The van der Waals surface area contributed by atoms with Gasteiger partial charge in [0.1, 0.15) is 0 Å². The normalized spacial score (nSPS) is 23.0. The zero-order valence-corrected chi connectivity index (χ0v) is 8.12. The Labute approximate surface area is 74.9 Å². The molecule has 0 bridgehead atoms. The summed E-state index contributed by atoms with van der Waals surface area (Å²) in [4.78, 5) is 2.44. The SMILES string of the molecule is CC(C)[C@@H](CN)N1CCOCC1. The maximum atomic E-state index is 5.72. The van der Waals surface area contributed by atoms with E-state index in [1.54, 1.807) is 0 Å². The summed E-state index contributed by atoms with van der Waals surface area (Å²) in [6, 6.07) is 0.536. The van der Waals surface area contributed by atoms with E-state index >= 15 is 0 Å². The average Bonchev–Trinajstić information content (AvgIpc) is 2.07. The van der Waals surface area contributed by atoms with Gasteiger partial charge in [0.05, 0.1) is 13.2 Å². The topological polar surface area (TPSA) is 38.5 Å². The highest BCUT2D eigenvalue weighted by atomic mass is 16.5. The molecule has 0 aromatic carbocycles. The number of ether oxygens (including phenoxy) is 1. The van der Waals surface area contributed by atoms with Crippen LogP contribution >= 0.6 is 0 Å². The quantitative estimate of drug-likeness (QED) is 0.665. The van der Waals surface area contributed by atoms with E-state index in [4.69, 9.17) is 10.5 Å².